The number of aryl methyl sites for hydroxylation is 1. The molecule has 1 fully saturated rings. The van der Waals surface area contributed by atoms with Crippen LogP contribution in [0.15, 0.2) is 24.3 Å². The van der Waals surface area contributed by atoms with Crippen molar-refractivity contribution >= 4 is 17.5 Å². The number of aromatic nitrogens is 3. The molecule has 1 aliphatic heterocycles. The van der Waals surface area contributed by atoms with Crippen molar-refractivity contribution in [2.24, 2.45) is 5.92 Å². The summed E-state index contributed by atoms with van der Waals surface area (Å²) in [5.41, 5.74) is 0.573. The first-order chi connectivity index (χ1) is 12.3. The quantitative estimate of drug-likeness (QED) is 0.804. The van der Waals surface area contributed by atoms with E-state index in [2.05, 4.69) is 10.1 Å². The molecular weight excluding hydrogens is 369 g/mol. The van der Waals surface area contributed by atoms with Gasteiger partial charge >= 0.3 is 6.18 Å². The summed E-state index contributed by atoms with van der Waals surface area (Å²) < 4.78 is 40.4. The molecule has 9 heteroatoms. The number of halogens is 4. The number of alkyl halides is 3. The molecule has 0 aliphatic carbocycles. The topological polar surface area (TPSA) is 51.0 Å². The van der Waals surface area contributed by atoms with Gasteiger partial charge in [-0.05, 0) is 25.0 Å². The predicted molar refractivity (Wildman–Crippen MR) is 90.4 cm³/mol. The molecule has 1 unspecified atom stereocenters. The molecule has 26 heavy (non-hydrogen) atoms. The Kier molecular flexibility index (Phi) is 5.22. The van der Waals surface area contributed by atoms with Gasteiger partial charge in [0, 0.05) is 19.5 Å². The Labute approximate surface area is 153 Å². The van der Waals surface area contributed by atoms with Gasteiger partial charge in [-0.3, -0.25) is 4.79 Å². The monoisotopic (exact) mass is 386 g/mol. The van der Waals surface area contributed by atoms with Crippen LogP contribution in [0.2, 0.25) is 5.02 Å². The fourth-order valence-electron chi connectivity index (χ4n) is 3.05. The summed E-state index contributed by atoms with van der Waals surface area (Å²) >= 11 is 6.19. The highest BCUT2D eigenvalue weighted by atomic mass is 35.5. The summed E-state index contributed by atoms with van der Waals surface area (Å²) in [6, 6.07) is 6.98. The van der Waals surface area contributed by atoms with Crippen molar-refractivity contribution in [3.05, 3.63) is 40.9 Å². The highest BCUT2D eigenvalue weighted by molar-refractivity contribution is 6.32. The molecule has 1 saturated heterocycles. The molecule has 0 radical (unpaired) electrons. The molecule has 2 heterocycles. The fourth-order valence-corrected chi connectivity index (χ4v) is 3.27. The average molecular weight is 387 g/mol. The van der Waals surface area contributed by atoms with Gasteiger partial charge in [-0.15, -0.1) is 5.10 Å². The van der Waals surface area contributed by atoms with Crippen molar-refractivity contribution in [2.45, 2.75) is 32.4 Å². The molecular formula is C17H18ClF3N4O. The number of benzene rings is 1. The second kappa shape index (κ2) is 7.26. The van der Waals surface area contributed by atoms with E-state index in [9.17, 15) is 18.0 Å². The number of hydrogen-bond acceptors (Lipinski definition) is 3. The molecule has 1 amide bonds. The molecule has 140 valence electrons. The van der Waals surface area contributed by atoms with Crippen LogP contribution in [0.3, 0.4) is 0 Å². The van der Waals surface area contributed by atoms with Crippen molar-refractivity contribution in [2.75, 3.05) is 13.1 Å². The van der Waals surface area contributed by atoms with Crippen LogP contribution < -0.4 is 0 Å². The van der Waals surface area contributed by atoms with Gasteiger partial charge < -0.3 is 4.90 Å². The van der Waals surface area contributed by atoms with Crippen molar-refractivity contribution in [1.82, 2.24) is 19.7 Å². The number of carbonyl (C=O) groups excluding carboxylic acids is 1. The second-order valence-corrected chi connectivity index (χ2v) is 6.61. The van der Waals surface area contributed by atoms with E-state index < -0.39 is 18.0 Å². The minimum Gasteiger partial charge on any atom is -0.335 e. The minimum atomic E-state index is -4.31. The lowest BCUT2D eigenvalue weighted by Gasteiger charge is -2.33. The smallest absolute Gasteiger partial charge is 0.335 e. The van der Waals surface area contributed by atoms with Crippen LogP contribution in [-0.2, 0) is 6.42 Å². The molecule has 5 nitrogen and oxygen atoms in total. The van der Waals surface area contributed by atoms with E-state index in [1.165, 1.54) is 9.58 Å². The summed E-state index contributed by atoms with van der Waals surface area (Å²) in [7, 11) is 0. The summed E-state index contributed by atoms with van der Waals surface area (Å²) in [6.45, 7) is 1.77. The largest absolute Gasteiger partial charge is 0.393 e. The average Bonchev–Trinajstić information content (AvgIpc) is 3.05. The third-order valence-electron chi connectivity index (χ3n) is 4.43. The molecule has 0 N–H and O–H groups in total. The van der Waals surface area contributed by atoms with Gasteiger partial charge in [-0.1, -0.05) is 30.7 Å². The number of amides is 1. The van der Waals surface area contributed by atoms with Gasteiger partial charge in [0.2, 0.25) is 5.82 Å². The standard InChI is InChI=1S/C17H18ClF3N4O/c1-2-14-22-15(23-25(14)13-8-4-3-7-12(13)18)16(26)24-9-5-6-11(10-24)17(19,20)21/h3-4,7-8,11H,2,5-6,9-10H2,1H3. The SMILES string of the molecule is CCc1nc(C(=O)N2CCCC(C(F)(F)F)C2)nn1-c1ccccc1Cl. The second-order valence-electron chi connectivity index (χ2n) is 6.20. The Morgan fingerprint density at radius 3 is 2.73 bits per heavy atom. The third-order valence-corrected chi connectivity index (χ3v) is 4.75. The van der Waals surface area contributed by atoms with Crippen LogP contribution in [0.4, 0.5) is 13.2 Å². The summed E-state index contributed by atoms with van der Waals surface area (Å²) in [4.78, 5) is 18.1. The van der Waals surface area contributed by atoms with Gasteiger partial charge in [-0.2, -0.15) is 13.2 Å². The van der Waals surface area contributed by atoms with Gasteiger partial charge in [0.1, 0.15) is 5.82 Å². The molecule has 1 aromatic heterocycles. The Morgan fingerprint density at radius 1 is 1.35 bits per heavy atom. The van der Waals surface area contributed by atoms with Gasteiger partial charge in [0.25, 0.3) is 5.91 Å². The van der Waals surface area contributed by atoms with E-state index in [1.54, 1.807) is 24.3 Å². The Balaban J connectivity index is 1.88. The number of nitrogens with zero attached hydrogens (tertiary/aromatic N) is 4. The molecule has 3 rings (SSSR count). The maximum atomic E-state index is 13.0. The number of carbonyl (C=O) groups is 1. The molecule has 1 atom stereocenters. The Morgan fingerprint density at radius 2 is 2.08 bits per heavy atom. The van der Waals surface area contributed by atoms with Gasteiger partial charge in [0.05, 0.1) is 16.6 Å². The number of para-hydroxylation sites is 1. The summed E-state index contributed by atoms with van der Waals surface area (Å²) in [5, 5.41) is 4.67. The van der Waals surface area contributed by atoms with E-state index in [-0.39, 0.29) is 25.3 Å². The third kappa shape index (κ3) is 3.70. The van der Waals surface area contributed by atoms with E-state index >= 15 is 0 Å². The van der Waals surface area contributed by atoms with E-state index in [4.69, 9.17) is 11.6 Å². The lowest BCUT2D eigenvalue weighted by Crippen LogP contribution is -2.44. The zero-order valence-electron chi connectivity index (χ0n) is 14.1. The lowest BCUT2D eigenvalue weighted by atomic mass is 9.97. The highest BCUT2D eigenvalue weighted by Crippen LogP contribution is 2.33. The molecule has 0 saturated carbocycles. The van der Waals surface area contributed by atoms with Crippen molar-refractivity contribution in [3.8, 4) is 5.69 Å². The van der Waals surface area contributed by atoms with Crippen molar-refractivity contribution in [1.29, 1.82) is 0 Å². The summed E-state index contributed by atoms with van der Waals surface area (Å²) in [6.07, 6.45) is -3.47. The Bertz CT molecular complexity index is 806. The lowest BCUT2D eigenvalue weighted by molar-refractivity contribution is -0.184. The van der Waals surface area contributed by atoms with Crippen molar-refractivity contribution < 1.29 is 18.0 Å². The van der Waals surface area contributed by atoms with Crippen LogP contribution >= 0.6 is 11.6 Å². The maximum absolute atomic E-state index is 13.0. The number of rotatable bonds is 3. The first-order valence-corrected chi connectivity index (χ1v) is 8.76. The van der Waals surface area contributed by atoms with Crippen LogP contribution in [0.5, 0.6) is 0 Å². The van der Waals surface area contributed by atoms with Crippen LogP contribution in [0.1, 0.15) is 36.2 Å². The van der Waals surface area contributed by atoms with E-state index in [0.717, 1.165) is 0 Å². The number of hydrogen-bond donors (Lipinski definition) is 0. The van der Waals surface area contributed by atoms with Crippen LogP contribution in [0.25, 0.3) is 5.69 Å². The zero-order chi connectivity index (χ0) is 18.9. The van der Waals surface area contributed by atoms with E-state index in [1.807, 2.05) is 6.92 Å². The fraction of sp³-hybridized carbons (Fsp3) is 0.471. The summed E-state index contributed by atoms with van der Waals surface area (Å²) in [5.74, 6) is -1.67. The van der Waals surface area contributed by atoms with Crippen LogP contribution in [0, 0.1) is 5.92 Å². The van der Waals surface area contributed by atoms with Gasteiger partial charge in [0.15, 0.2) is 0 Å². The highest BCUT2D eigenvalue weighted by Gasteiger charge is 2.43. The zero-order valence-corrected chi connectivity index (χ0v) is 14.9. The Hall–Kier alpha value is -2.09. The predicted octanol–water partition coefficient (Wildman–Crippen LogP) is 3.90. The normalized spacial score (nSPS) is 18.2. The van der Waals surface area contributed by atoms with Crippen molar-refractivity contribution in [3.63, 3.8) is 0 Å². The maximum Gasteiger partial charge on any atom is 0.393 e. The van der Waals surface area contributed by atoms with Gasteiger partial charge in [-0.25, -0.2) is 9.67 Å². The minimum absolute atomic E-state index is 0.0367. The first kappa shape index (κ1) is 18.7. The molecule has 0 bridgehead atoms. The van der Waals surface area contributed by atoms with Crippen LogP contribution in [-0.4, -0.2) is 44.8 Å². The van der Waals surface area contributed by atoms with E-state index in [0.29, 0.717) is 29.4 Å². The molecule has 0 spiro atoms. The number of piperidine rings is 1. The molecule has 2 aromatic rings. The number of likely N-dealkylation sites (tertiary alicyclic amines) is 1. The first-order valence-electron chi connectivity index (χ1n) is 8.38. The molecule has 1 aromatic carbocycles. The molecule has 1 aliphatic rings.